The average molecular weight is 415 g/mol. The number of nitrogens with one attached hydrogen (secondary N) is 1. The first-order valence-corrected chi connectivity index (χ1v) is 10.6. The number of ether oxygens (including phenoxy) is 1. The number of furan rings is 1. The van der Waals surface area contributed by atoms with Crippen LogP contribution in [0.25, 0.3) is 0 Å². The first-order valence-electron chi connectivity index (χ1n) is 10.6. The second kappa shape index (κ2) is 9.32. The minimum atomic E-state index is -0.688. The molecule has 0 aromatic carbocycles. The number of carbonyl (C=O) groups excluding carboxylic acids is 3. The zero-order valence-corrected chi connectivity index (χ0v) is 18.1. The highest BCUT2D eigenvalue weighted by Crippen LogP contribution is 2.29. The fourth-order valence-corrected chi connectivity index (χ4v) is 4.26. The zero-order valence-electron chi connectivity index (χ0n) is 18.1. The third-order valence-corrected chi connectivity index (χ3v) is 5.90. The van der Waals surface area contributed by atoms with Crippen molar-refractivity contribution >= 4 is 17.7 Å². The molecule has 30 heavy (non-hydrogen) atoms. The first-order chi connectivity index (χ1) is 14.3. The minimum Gasteiger partial charge on any atom is -0.467 e. The topological polar surface area (TPSA) is 92.6 Å². The minimum absolute atomic E-state index is 0.0128. The molecule has 1 fully saturated rings. The number of hydrogen-bond donors (Lipinski definition) is 1. The van der Waals surface area contributed by atoms with E-state index < -0.39 is 12.0 Å². The molecule has 0 unspecified atom stereocenters. The molecular formula is C23H30N2O5. The van der Waals surface area contributed by atoms with E-state index in [-0.39, 0.29) is 36.5 Å². The Bertz CT molecular complexity index is 906. The van der Waals surface area contributed by atoms with Gasteiger partial charge in [-0.1, -0.05) is 12.8 Å². The van der Waals surface area contributed by atoms with Crippen LogP contribution in [0.5, 0.6) is 0 Å². The molecule has 2 aromatic rings. The molecule has 162 valence electrons. The van der Waals surface area contributed by atoms with Crippen LogP contribution in [0.15, 0.2) is 22.8 Å². The fraction of sp³-hybridized carbons (Fsp3) is 0.522. The largest absolute Gasteiger partial charge is 0.467 e. The van der Waals surface area contributed by atoms with Crippen molar-refractivity contribution in [3.05, 3.63) is 46.7 Å². The lowest BCUT2D eigenvalue weighted by atomic mass is 9.98. The van der Waals surface area contributed by atoms with Gasteiger partial charge in [-0.25, -0.2) is 4.79 Å². The van der Waals surface area contributed by atoms with E-state index in [0.717, 1.165) is 25.7 Å². The van der Waals surface area contributed by atoms with E-state index in [1.54, 1.807) is 51.0 Å². The van der Waals surface area contributed by atoms with Crippen LogP contribution in [-0.4, -0.2) is 40.2 Å². The van der Waals surface area contributed by atoms with Crippen LogP contribution in [0.2, 0.25) is 0 Å². The van der Waals surface area contributed by atoms with Crippen molar-refractivity contribution in [2.75, 3.05) is 6.61 Å². The van der Waals surface area contributed by atoms with Gasteiger partial charge in [-0.05, 0) is 58.2 Å². The summed E-state index contributed by atoms with van der Waals surface area (Å²) in [5.74, 6) is -0.121. The molecule has 1 atom stereocenters. The van der Waals surface area contributed by atoms with Crippen molar-refractivity contribution in [3.8, 4) is 0 Å². The first kappa shape index (κ1) is 21.9. The molecule has 1 saturated carbocycles. The lowest BCUT2D eigenvalue weighted by Crippen LogP contribution is -2.45. The maximum Gasteiger partial charge on any atom is 0.355 e. The van der Waals surface area contributed by atoms with Crippen LogP contribution >= 0.6 is 0 Å². The van der Waals surface area contributed by atoms with Crippen molar-refractivity contribution in [1.29, 1.82) is 0 Å². The van der Waals surface area contributed by atoms with Gasteiger partial charge in [0.05, 0.1) is 25.5 Å². The maximum atomic E-state index is 13.5. The van der Waals surface area contributed by atoms with Gasteiger partial charge in [0.2, 0.25) is 5.91 Å². The maximum absolute atomic E-state index is 13.5. The van der Waals surface area contributed by atoms with Gasteiger partial charge in [-0.3, -0.25) is 9.59 Å². The number of Topliss-reactive ketones (excluding diaryl/α,β-unsaturated/α-hetero) is 1. The summed E-state index contributed by atoms with van der Waals surface area (Å²) in [5.41, 5.74) is 1.87. The molecule has 2 aromatic heterocycles. The molecule has 1 aliphatic rings. The van der Waals surface area contributed by atoms with E-state index >= 15 is 0 Å². The summed E-state index contributed by atoms with van der Waals surface area (Å²) in [6, 6.07) is 2.88. The van der Waals surface area contributed by atoms with E-state index in [1.165, 1.54) is 0 Å². The zero-order chi connectivity index (χ0) is 21.8. The number of rotatable bonds is 8. The normalized spacial score (nSPS) is 15.2. The summed E-state index contributed by atoms with van der Waals surface area (Å²) in [6.45, 7) is 7.45. The quantitative estimate of drug-likeness (QED) is 0.516. The molecule has 2 heterocycles. The van der Waals surface area contributed by atoms with Crippen LogP contribution in [0, 0.1) is 19.8 Å². The van der Waals surface area contributed by atoms with Crippen molar-refractivity contribution < 1.29 is 23.5 Å². The third-order valence-electron chi connectivity index (χ3n) is 5.90. The van der Waals surface area contributed by atoms with Gasteiger partial charge in [0.25, 0.3) is 0 Å². The summed E-state index contributed by atoms with van der Waals surface area (Å²) < 4.78 is 10.5. The number of carbonyl (C=O) groups is 3. The fourth-order valence-electron chi connectivity index (χ4n) is 4.26. The molecule has 7 nitrogen and oxygen atoms in total. The summed E-state index contributed by atoms with van der Waals surface area (Å²) >= 11 is 0. The Hall–Kier alpha value is -2.83. The molecule has 3 rings (SSSR count). The highest BCUT2D eigenvalue weighted by Gasteiger charge is 2.35. The van der Waals surface area contributed by atoms with Crippen LogP contribution in [-0.2, 0) is 16.1 Å². The van der Waals surface area contributed by atoms with E-state index in [1.807, 2.05) is 0 Å². The molecule has 1 amide bonds. The van der Waals surface area contributed by atoms with E-state index in [2.05, 4.69) is 4.98 Å². The van der Waals surface area contributed by atoms with Crippen molar-refractivity contribution in [3.63, 3.8) is 0 Å². The van der Waals surface area contributed by atoms with Crippen LogP contribution < -0.4 is 0 Å². The number of hydrogen-bond acceptors (Lipinski definition) is 5. The third kappa shape index (κ3) is 4.35. The lowest BCUT2D eigenvalue weighted by Gasteiger charge is -2.30. The van der Waals surface area contributed by atoms with Gasteiger partial charge < -0.3 is 19.0 Å². The lowest BCUT2D eigenvalue weighted by molar-refractivity contribution is -0.137. The van der Waals surface area contributed by atoms with Gasteiger partial charge in [-0.2, -0.15) is 0 Å². The van der Waals surface area contributed by atoms with Crippen molar-refractivity contribution in [2.24, 2.45) is 5.92 Å². The van der Waals surface area contributed by atoms with Crippen LogP contribution in [0.3, 0.4) is 0 Å². The highest BCUT2D eigenvalue weighted by atomic mass is 16.5. The summed E-state index contributed by atoms with van der Waals surface area (Å²) in [6.07, 6.45) is 5.33. The Kier molecular flexibility index (Phi) is 6.80. The van der Waals surface area contributed by atoms with Gasteiger partial charge in [-0.15, -0.1) is 0 Å². The van der Waals surface area contributed by atoms with Gasteiger partial charge in [0, 0.05) is 17.2 Å². The van der Waals surface area contributed by atoms with Crippen LogP contribution in [0.4, 0.5) is 0 Å². The van der Waals surface area contributed by atoms with Gasteiger partial charge >= 0.3 is 5.97 Å². The SMILES string of the molecule is CCOC(=O)c1[nH]c(C)c(C(=O)[C@H](C)N(Cc2ccco2)C(=O)C2CCCC2)c1C. The number of aromatic amines is 1. The Morgan fingerprint density at radius 1 is 1.27 bits per heavy atom. The number of esters is 1. The monoisotopic (exact) mass is 414 g/mol. The average Bonchev–Trinajstić information content (AvgIpc) is 3.47. The van der Waals surface area contributed by atoms with Crippen LogP contribution in [0.1, 0.15) is 77.4 Å². The molecule has 0 saturated heterocycles. The van der Waals surface area contributed by atoms with Crippen molar-refractivity contribution in [1.82, 2.24) is 9.88 Å². The number of ketones is 1. The molecular weight excluding hydrogens is 384 g/mol. The summed E-state index contributed by atoms with van der Waals surface area (Å²) in [4.78, 5) is 43.6. The van der Waals surface area contributed by atoms with Gasteiger partial charge in [0.15, 0.2) is 5.78 Å². The molecule has 0 bridgehead atoms. The number of H-pyrrole nitrogens is 1. The smallest absolute Gasteiger partial charge is 0.355 e. The standard InChI is InChI=1S/C23H30N2O5/c1-5-29-23(28)20-14(2)19(15(3)24-20)21(26)16(4)25(13-18-11-8-12-30-18)22(27)17-9-6-7-10-17/h8,11-12,16-17,24H,5-7,9-10,13H2,1-4H3/t16-/m0/s1. The number of amides is 1. The van der Waals surface area contributed by atoms with E-state index in [4.69, 9.17) is 9.15 Å². The summed E-state index contributed by atoms with van der Waals surface area (Å²) in [5, 5.41) is 0. The molecule has 7 heteroatoms. The Morgan fingerprint density at radius 3 is 2.57 bits per heavy atom. The summed E-state index contributed by atoms with van der Waals surface area (Å²) in [7, 11) is 0. The second-order valence-electron chi connectivity index (χ2n) is 7.91. The number of aromatic nitrogens is 1. The molecule has 0 spiro atoms. The van der Waals surface area contributed by atoms with Gasteiger partial charge in [0.1, 0.15) is 11.5 Å². The molecule has 0 radical (unpaired) electrons. The number of nitrogens with zero attached hydrogens (tertiary/aromatic N) is 1. The Morgan fingerprint density at radius 2 is 1.97 bits per heavy atom. The second-order valence-corrected chi connectivity index (χ2v) is 7.91. The predicted octanol–water partition coefficient (Wildman–Crippen LogP) is 4.19. The Balaban J connectivity index is 1.90. The van der Waals surface area contributed by atoms with E-state index in [9.17, 15) is 14.4 Å². The van der Waals surface area contributed by atoms with Crippen molar-refractivity contribution in [2.45, 2.75) is 66.0 Å². The number of aryl methyl sites for hydroxylation is 1. The molecule has 1 aliphatic carbocycles. The Labute approximate surface area is 176 Å². The van der Waals surface area contributed by atoms with E-state index in [0.29, 0.717) is 22.6 Å². The predicted molar refractivity (Wildman–Crippen MR) is 111 cm³/mol. The molecule has 0 aliphatic heterocycles. The molecule has 1 N–H and O–H groups in total. The highest BCUT2D eigenvalue weighted by molar-refractivity contribution is 6.06.